The first kappa shape index (κ1) is 45.9. The van der Waals surface area contributed by atoms with E-state index in [-0.39, 0.29) is 67.1 Å². The molecule has 0 saturated carbocycles. The third kappa shape index (κ3) is 5.92. The molecule has 0 amide bonds. The van der Waals surface area contributed by atoms with Crippen molar-refractivity contribution in [2.45, 2.75) is 47.6 Å². The summed E-state index contributed by atoms with van der Waals surface area (Å²) in [4.78, 5) is 41.6. The van der Waals surface area contributed by atoms with Gasteiger partial charge in [-0.1, -0.05) is 0 Å². The van der Waals surface area contributed by atoms with Crippen molar-refractivity contribution < 1.29 is 83.0 Å². The van der Waals surface area contributed by atoms with Crippen molar-refractivity contribution in [3.8, 4) is 0 Å². The van der Waals surface area contributed by atoms with Crippen LogP contribution in [0.15, 0.2) is 127 Å². The van der Waals surface area contributed by atoms with Gasteiger partial charge in [-0.25, -0.2) is 0 Å². The zero-order valence-electron chi connectivity index (χ0n) is 33.1. The van der Waals surface area contributed by atoms with E-state index in [1.165, 1.54) is 72.8 Å². The minimum absolute atomic E-state index is 0.0169. The zero-order valence-corrected chi connectivity index (χ0v) is 35.6. The number of amidine groups is 4. The summed E-state index contributed by atoms with van der Waals surface area (Å²) in [7, 11) is 0. The number of halogens is 17. The molecule has 0 radical (unpaired) electrons. The molecule has 0 N–H and O–H groups in total. The van der Waals surface area contributed by atoms with Crippen molar-refractivity contribution in [3.63, 3.8) is 0 Å². The molecule has 6 aromatic rings. The molecule has 0 unspecified atom stereocenters. The molecule has 6 heterocycles. The topological polar surface area (TPSA) is 110 Å². The van der Waals surface area contributed by atoms with E-state index in [9.17, 15) is 53.1 Å². The molecule has 4 aliphatic rings. The number of aromatic nitrogens is 2. The molecule has 0 saturated heterocycles. The Hall–Kier alpha value is -6.84. The Bertz CT molecular complexity index is 3350. The van der Waals surface area contributed by atoms with Crippen LogP contribution in [0.2, 0.25) is 0 Å². The molecule has 10 rings (SSSR count). The molecular weight excluding hydrogens is 1030 g/mol. The number of nitrogens with zero attached hydrogens (tertiary/aromatic N) is 8. The number of alkyl halides is 17. The van der Waals surface area contributed by atoms with Gasteiger partial charge >= 0.3 is 377 Å². The number of rotatable bonds is 8. The van der Waals surface area contributed by atoms with Gasteiger partial charge in [0.05, 0.1) is 0 Å². The summed E-state index contributed by atoms with van der Waals surface area (Å²) >= 11 is -6.03. The predicted molar refractivity (Wildman–Crippen MR) is 208 cm³/mol. The first-order valence-corrected chi connectivity index (χ1v) is 22.4. The minimum atomic E-state index is -8.94. The molecule has 6 bridgehead atoms. The molecule has 10 nitrogen and oxygen atoms in total. The Balaban J connectivity index is 1.25. The van der Waals surface area contributed by atoms with Gasteiger partial charge in [0, 0.05) is 0 Å². The van der Waals surface area contributed by atoms with E-state index in [2.05, 4.69) is 30.0 Å². The summed E-state index contributed by atoms with van der Waals surface area (Å²) in [6.07, 6.45) is -7.94. The monoisotopic (exact) mass is 1040 g/mol. The SMILES string of the molecule is O=C([O][Ga]1[n]2c3c4ccccc4c2N=C2N=C(N=c4c5ccccc5c([n]41)=NC1=NC(=N3)c3ccccc31)c1ccccc12)C(F)(F)C(F)(F)C(F)(F)C(F)(F)C(F)(F)C(F)(F)C(F)(F)C(F)(F)F. The molecular formula is C41H16F17GaN8O2. The molecule has 69 heavy (non-hydrogen) atoms. The number of aliphatic imine (C=N–C) groups is 4. The average molecular weight is 1050 g/mol. The first-order valence-electron chi connectivity index (χ1n) is 19.3. The van der Waals surface area contributed by atoms with Gasteiger partial charge in [0.25, 0.3) is 0 Å². The summed E-state index contributed by atoms with van der Waals surface area (Å²) < 4.78 is 253. The first-order chi connectivity index (χ1) is 32.1. The summed E-state index contributed by atoms with van der Waals surface area (Å²) in [5, 5.41) is 0.0675. The summed E-state index contributed by atoms with van der Waals surface area (Å²) in [6.45, 7) is 0. The standard InChI is InChI=1S/C32H16N8.C9HF17O2.Ga/c1-2-10-18-17(9-1)25-33-26(18)38-28-21-13-5-6-14-22(21)30(35-28)40-32-24-16-8-7-15-23(24)31(36-32)39-29-20-12-4-3-11-19(20)27(34-29)37-25;10-2(11,1(27)28)3(12,13)4(14,15)5(16,17)6(18,19)7(20,21)8(22,23)9(24,25)26;/h1-16H;(H,27,28);/q-2;;+3/p-1. The molecule has 0 spiro atoms. The fourth-order valence-corrected chi connectivity index (χ4v) is 13.0. The van der Waals surface area contributed by atoms with E-state index in [1.54, 1.807) is 24.3 Å². The van der Waals surface area contributed by atoms with Crippen LogP contribution in [0.5, 0.6) is 0 Å². The van der Waals surface area contributed by atoms with E-state index >= 15 is 26.3 Å². The third-order valence-electron chi connectivity index (χ3n) is 11.5. The van der Waals surface area contributed by atoms with Crippen LogP contribution in [-0.2, 0) is 8.32 Å². The average Bonchev–Trinajstić information content (AvgIpc) is 4.00. The quantitative estimate of drug-likeness (QED) is 0.112. The molecule has 2 aromatic heterocycles. The molecule has 4 aromatic carbocycles. The molecule has 0 fully saturated rings. The van der Waals surface area contributed by atoms with E-state index < -0.39 is 93.3 Å². The second-order valence-electron chi connectivity index (χ2n) is 15.4. The van der Waals surface area contributed by atoms with Crippen molar-refractivity contribution in [2.24, 2.45) is 30.0 Å². The van der Waals surface area contributed by atoms with Crippen LogP contribution in [0, 0.1) is 0 Å². The van der Waals surface area contributed by atoms with Gasteiger partial charge in [0.2, 0.25) is 0 Å². The van der Waals surface area contributed by atoms with E-state index in [0.717, 1.165) is 6.55 Å². The van der Waals surface area contributed by atoms with E-state index in [1.807, 2.05) is 0 Å². The van der Waals surface area contributed by atoms with Crippen LogP contribution in [0.25, 0.3) is 21.5 Å². The van der Waals surface area contributed by atoms with Crippen LogP contribution in [0.3, 0.4) is 0 Å². The Labute approximate surface area is 376 Å². The maximum atomic E-state index is 16.1. The van der Waals surface area contributed by atoms with Gasteiger partial charge in [-0.15, -0.1) is 0 Å². The van der Waals surface area contributed by atoms with E-state index in [4.69, 9.17) is 3.53 Å². The third-order valence-corrected chi connectivity index (χ3v) is 16.2. The number of carbonyl (C=O) groups is 1. The number of hydrogen-bond acceptors (Lipinski definition) is 8. The van der Waals surface area contributed by atoms with Gasteiger partial charge in [0.1, 0.15) is 0 Å². The summed E-state index contributed by atoms with van der Waals surface area (Å²) in [5.41, 5.74) is 0.272. The zero-order chi connectivity index (χ0) is 49.8. The number of hydrogen-bond donors (Lipinski definition) is 0. The molecule has 0 aliphatic carbocycles. The van der Waals surface area contributed by atoms with Crippen LogP contribution >= 0.6 is 0 Å². The Kier molecular flexibility index (Phi) is 9.55. The fourth-order valence-electron chi connectivity index (χ4n) is 7.95. The Morgan fingerprint density at radius 1 is 0.391 bits per heavy atom. The van der Waals surface area contributed by atoms with Crippen molar-refractivity contribution in [2.75, 3.05) is 0 Å². The van der Waals surface area contributed by atoms with Gasteiger partial charge in [-0.3, -0.25) is 0 Å². The van der Waals surface area contributed by atoms with Crippen molar-refractivity contribution in [1.82, 2.24) is 6.55 Å². The second kappa shape index (κ2) is 14.4. The predicted octanol–water partition coefficient (Wildman–Crippen LogP) is 9.47. The van der Waals surface area contributed by atoms with Gasteiger partial charge in [-0.05, 0) is 0 Å². The van der Waals surface area contributed by atoms with E-state index in [0.29, 0.717) is 0 Å². The summed E-state index contributed by atoms with van der Waals surface area (Å²) in [5.74, 6) is -65.2. The molecule has 0 atom stereocenters. The summed E-state index contributed by atoms with van der Waals surface area (Å²) in [6, 6.07) is 23.6. The van der Waals surface area contributed by atoms with Crippen molar-refractivity contribution >= 4 is 79.6 Å². The fraction of sp³-hybridized carbons (Fsp3) is 0.195. The van der Waals surface area contributed by atoms with Crippen LogP contribution in [0.1, 0.15) is 22.3 Å². The van der Waals surface area contributed by atoms with Gasteiger partial charge in [-0.2, -0.15) is 0 Å². The Morgan fingerprint density at radius 2 is 0.710 bits per heavy atom. The normalized spacial score (nSPS) is 16.2. The maximum absolute atomic E-state index is 16.1. The van der Waals surface area contributed by atoms with Crippen molar-refractivity contribution in [1.29, 1.82) is 0 Å². The molecule has 354 valence electrons. The van der Waals surface area contributed by atoms with Gasteiger partial charge < -0.3 is 0 Å². The van der Waals surface area contributed by atoms with Crippen LogP contribution in [-0.4, -0.2) is 101 Å². The number of benzene rings is 4. The van der Waals surface area contributed by atoms with Crippen LogP contribution < -0.4 is 11.0 Å². The number of fused-ring (bicyclic) bond motifs is 14. The van der Waals surface area contributed by atoms with Crippen molar-refractivity contribution in [3.05, 3.63) is 130 Å². The number of carbonyl (C=O) groups excluding carboxylic acids is 1. The Morgan fingerprint density at radius 3 is 1.09 bits per heavy atom. The molecule has 4 aliphatic heterocycles. The molecule has 28 heteroatoms. The second-order valence-corrected chi connectivity index (χ2v) is 19.5. The van der Waals surface area contributed by atoms with Gasteiger partial charge in [0.15, 0.2) is 0 Å². The van der Waals surface area contributed by atoms with Crippen LogP contribution in [0.4, 0.5) is 86.3 Å².